The maximum Gasteiger partial charge on any atom is 0.240 e. The van der Waals surface area contributed by atoms with Gasteiger partial charge in [0.2, 0.25) is 11.9 Å². The van der Waals surface area contributed by atoms with Crippen LogP contribution in [0.25, 0.3) is 116 Å². The Bertz CT molecular complexity index is 3590. The van der Waals surface area contributed by atoms with Gasteiger partial charge in [-0.25, -0.2) is 0 Å². The van der Waals surface area contributed by atoms with E-state index in [9.17, 15) is 0 Å². The van der Waals surface area contributed by atoms with Crippen LogP contribution in [0.1, 0.15) is 0 Å². The average molecular weight is 743 g/mol. The van der Waals surface area contributed by atoms with Gasteiger partial charge >= 0.3 is 0 Å². The van der Waals surface area contributed by atoms with E-state index in [1.807, 2.05) is 12.1 Å². The maximum atomic E-state index is 6.34. The molecule has 13 rings (SSSR count). The lowest BCUT2D eigenvalue weighted by molar-refractivity contribution is 0.669. The van der Waals surface area contributed by atoms with Crippen LogP contribution < -0.4 is 0 Å². The summed E-state index contributed by atoms with van der Waals surface area (Å²) in [5.74, 6) is 1.70. The van der Waals surface area contributed by atoms with E-state index in [0.29, 0.717) is 17.7 Å². The monoisotopic (exact) mass is 742 g/mol. The quantitative estimate of drug-likeness (QED) is 0.180. The van der Waals surface area contributed by atoms with Crippen molar-refractivity contribution in [2.75, 3.05) is 0 Å². The van der Waals surface area contributed by atoms with Crippen molar-refractivity contribution in [1.82, 2.24) is 28.7 Å². The summed E-state index contributed by atoms with van der Waals surface area (Å²) >= 11 is 0. The summed E-state index contributed by atoms with van der Waals surface area (Å²) in [5.41, 5.74) is 10.0. The highest BCUT2D eigenvalue weighted by Crippen LogP contribution is 2.40. The molecule has 0 fully saturated rings. The second kappa shape index (κ2) is 11.7. The minimum Gasteiger partial charge on any atom is -0.456 e. The molecule has 8 aromatic carbocycles. The SMILES string of the molecule is c1ccc2c(c1)oc1cccc(-n3c4ccccc4c4cc(-c5nc(-n6c7ccccc7c7ccccc76)nc(-n6c7ccccc7c7ccccc76)n5)ccc43)c12. The predicted molar refractivity (Wildman–Crippen MR) is 236 cm³/mol. The van der Waals surface area contributed by atoms with Crippen molar-refractivity contribution in [1.29, 1.82) is 0 Å². The van der Waals surface area contributed by atoms with Crippen LogP contribution in [0, 0.1) is 0 Å². The lowest BCUT2D eigenvalue weighted by atomic mass is 10.1. The second-order valence-corrected chi connectivity index (χ2v) is 14.8. The fourth-order valence-corrected chi connectivity index (χ4v) is 9.27. The second-order valence-electron chi connectivity index (χ2n) is 14.8. The molecule has 5 heterocycles. The zero-order chi connectivity index (χ0) is 37.9. The summed E-state index contributed by atoms with van der Waals surface area (Å²) in [6.45, 7) is 0. The maximum absolute atomic E-state index is 6.34. The molecule has 0 aliphatic heterocycles. The summed E-state index contributed by atoms with van der Waals surface area (Å²) in [5, 5.41) is 9.02. The Morgan fingerprint density at radius 1 is 0.328 bits per heavy atom. The van der Waals surface area contributed by atoms with Gasteiger partial charge in [-0.3, -0.25) is 9.13 Å². The van der Waals surface area contributed by atoms with Gasteiger partial charge in [0.25, 0.3) is 0 Å². The van der Waals surface area contributed by atoms with E-state index in [4.69, 9.17) is 19.4 Å². The molecule has 0 saturated heterocycles. The van der Waals surface area contributed by atoms with E-state index >= 15 is 0 Å². The van der Waals surface area contributed by atoms with Crippen LogP contribution in [0.2, 0.25) is 0 Å². The number of para-hydroxylation sites is 6. The van der Waals surface area contributed by atoms with Gasteiger partial charge in [-0.05, 0) is 66.7 Å². The highest BCUT2D eigenvalue weighted by atomic mass is 16.3. The lowest BCUT2D eigenvalue weighted by Gasteiger charge is -2.13. The fourth-order valence-electron chi connectivity index (χ4n) is 9.27. The number of aromatic nitrogens is 6. The third kappa shape index (κ3) is 4.30. The Morgan fingerprint density at radius 3 is 1.31 bits per heavy atom. The van der Waals surface area contributed by atoms with Crippen molar-refractivity contribution in [2.24, 2.45) is 0 Å². The Labute approximate surface area is 330 Å². The smallest absolute Gasteiger partial charge is 0.240 e. The van der Waals surface area contributed by atoms with Crippen molar-refractivity contribution >= 4 is 87.4 Å². The van der Waals surface area contributed by atoms with E-state index in [-0.39, 0.29) is 0 Å². The Hall–Kier alpha value is -8.03. The molecule has 5 aromatic heterocycles. The molecule has 13 aromatic rings. The Morgan fingerprint density at radius 2 is 0.759 bits per heavy atom. The molecule has 0 aliphatic carbocycles. The Balaban J connectivity index is 1.10. The molecular formula is C51H30N6O. The highest BCUT2D eigenvalue weighted by Gasteiger charge is 2.22. The van der Waals surface area contributed by atoms with Gasteiger partial charge in [-0.15, -0.1) is 0 Å². The number of nitrogens with zero attached hydrogens (tertiary/aromatic N) is 6. The summed E-state index contributed by atoms with van der Waals surface area (Å²) in [4.78, 5) is 16.0. The van der Waals surface area contributed by atoms with Crippen LogP contribution in [0.15, 0.2) is 186 Å². The first-order valence-corrected chi connectivity index (χ1v) is 19.5. The zero-order valence-corrected chi connectivity index (χ0v) is 30.9. The van der Waals surface area contributed by atoms with Gasteiger partial charge in [0, 0.05) is 43.3 Å². The van der Waals surface area contributed by atoms with Crippen LogP contribution in [-0.2, 0) is 0 Å². The number of fused-ring (bicyclic) bond motifs is 12. The first-order chi connectivity index (χ1) is 28.8. The standard InChI is InChI=1S/C51H30N6O/c1-8-21-40-32(14-1)33-15-2-9-22-41(33)56(40)50-52-49(53-51(54-50)57-42-23-10-3-16-34(42)35-17-4-11-24-43(35)57)31-28-29-44-38(30-31)36-18-5-7-20-39(36)55(44)45-25-13-27-47-48(45)37-19-6-12-26-46(37)58-47/h1-30H. The third-order valence-electron chi connectivity index (χ3n) is 11.7. The molecule has 270 valence electrons. The minimum absolute atomic E-state index is 0.556. The zero-order valence-electron chi connectivity index (χ0n) is 30.9. The first-order valence-electron chi connectivity index (χ1n) is 19.5. The molecule has 0 N–H and O–H groups in total. The summed E-state index contributed by atoms with van der Waals surface area (Å²) in [6.07, 6.45) is 0. The fraction of sp³-hybridized carbons (Fsp3) is 0. The van der Waals surface area contributed by atoms with Crippen molar-refractivity contribution in [3.8, 4) is 29.0 Å². The summed E-state index contributed by atoms with van der Waals surface area (Å²) < 4.78 is 13.1. The van der Waals surface area contributed by atoms with Crippen molar-refractivity contribution in [3.63, 3.8) is 0 Å². The molecular weight excluding hydrogens is 713 g/mol. The number of furan rings is 1. The minimum atomic E-state index is 0.556. The molecule has 0 bridgehead atoms. The summed E-state index contributed by atoms with van der Waals surface area (Å²) in [6, 6.07) is 63.7. The molecule has 7 nitrogen and oxygen atoms in total. The van der Waals surface area contributed by atoms with Crippen LogP contribution >= 0.6 is 0 Å². The van der Waals surface area contributed by atoms with Crippen molar-refractivity contribution in [3.05, 3.63) is 182 Å². The van der Waals surface area contributed by atoms with E-state index in [2.05, 4.69) is 184 Å². The van der Waals surface area contributed by atoms with Crippen LogP contribution in [-0.4, -0.2) is 28.7 Å². The van der Waals surface area contributed by atoms with E-state index < -0.39 is 0 Å². The molecule has 0 amide bonds. The Kier molecular flexibility index (Phi) is 6.32. The van der Waals surface area contributed by atoms with Crippen LogP contribution in [0.5, 0.6) is 0 Å². The molecule has 7 heteroatoms. The van der Waals surface area contributed by atoms with Gasteiger partial charge in [-0.1, -0.05) is 115 Å². The molecule has 0 atom stereocenters. The molecule has 0 radical (unpaired) electrons. The number of rotatable bonds is 4. The van der Waals surface area contributed by atoms with E-state index in [1.54, 1.807) is 0 Å². The normalized spacial score (nSPS) is 12.1. The van der Waals surface area contributed by atoms with Gasteiger partial charge < -0.3 is 8.98 Å². The average Bonchev–Trinajstić information content (AvgIpc) is 4.02. The molecule has 0 saturated carbocycles. The number of hydrogen-bond donors (Lipinski definition) is 0. The van der Waals surface area contributed by atoms with E-state index in [1.165, 1.54) is 0 Å². The van der Waals surface area contributed by atoms with Crippen LogP contribution in [0.4, 0.5) is 0 Å². The molecule has 0 aliphatic rings. The number of benzene rings is 8. The summed E-state index contributed by atoms with van der Waals surface area (Å²) in [7, 11) is 0. The van der Waals surface area contributed by atoms with Crippen molar-refractivity contribution < 1.29 is 4.42 Å². The van der Waals surface area contributed by atoms with Gasteiger partial charge in [0.1, 0.15) is 11.2 Å². The largest absolute Gasteiger partial charge is 0.456 e. The third-order valence-corrected chi connectivity index (χ3v) is 11.7. The molecule has 0 unspecified atom stereocenters. The topological polar surface area (TPSA) is 66.6 Å². The van der Waals surface area contributed by atoms with Gasteiger partial charge in [0.05, 0.1) is 44.2 Å². The predicted octanol–water partition coefficient (Wildman–Crippen LogP) is 12.7. The highest BCUT2D eigenvalue weighted by molar-refractivity contribution is 6.15. The van der Waals surface area contributed by atoms with Gasteiger partial charge in [0.15, 0.2) is 5.82 Å². The van der Waals surface area contributed by atoms with E-state index in [0.717, 1.165) is 98.6 Å². The first kappa shape index (κ1) is 31.2. The lowest BCUT2D eigenvalue weighted by Crippen LogP contribution is -2.10. The molecule has 0 spiro atoms. The van der Waals surface area contributed by atoms with Crippen molar-refractivity contribution in [2.45, 2.75) is 0 Å². The molecule has 58 heavy (non-hydrogen) atoms. The van der Waals surface area contributed by atoms with Gasteiger partial charge in [-0.2, -0.15) is 15.0 Å². The van der Waals surface area contributed by atoms with Crippen LogP contribution in [0.3, 0.4) is 0 Å². The number of hydrogen-bond acceptors (Lipinski definition) is 4.